The summed E-state index contributed by atoms with van der Waals surface area (Å²) in [6.45, 7) is 10.7. The highest BCUT2D eigenvalue weighted by atomic mass is 19.1. The van der Waals surface area contributed by atoms with Gasteiger partial charge in [0.1, 0.15) is 5.82 Å². The number of rotatable bonds is 4. The lowest BCUT2D eigenvalue weighted by Crippen LogP contribution is -2.46. The van der Waals surface area contributed by atoms with E-state index in [1.165, 1.54) is 12.1 Å². The van der Waals surface area contributed by atoms with Gasteiger partial charge in [0.15, 0.2) is 0 Å². The summed E-state index contributed by atoms with van der Waals surface area (Å²) >= 11 is 0. The molecule has 1 fully saturated rings. The molecular weight excluding hydrogens is 265 g/mol. The van der Waals surface area contributed by atoms with E-state index in [4.69, 9.17) is 0 Å². The van der Waals surface area contributed by atoms with Crippen LogP contribution in [-0.4, -0.2) is 11.4 Å². The quantitative estimate of drug-likeness (QED) is 0.882. The van der Waals surface area contributed by atoms with Gasteiger partial charge in [-0.05, 0) is 55.7 Å². The zero-order chi connectivity index (χ0) is 15.8. The SMILES string of the molecule is CC(C)(C)CC(C)(C)NC(=O)C1CC1c1ccc(F)cc1. The Bertz CT molecular complexity index is 513. The van der Waals surface area contributed by atoms with E-state index in [-0.39, 0.29) is 34.5 Å². The van der Waals surface area contributed by atoms with Gasteiger partial charge in [0, 0.05) is 11.5 Å². The fourth-order valence-corrected chi connectivity index (χ4v) is 3.36. The molecule has 0 aliphatic heterocycles. The summed E-state index contributed by atoms with van der Waals surface area (Å²) < 4.78 is 12.9. The average molecular weight is 291 g/mol. The van der Waals surface area contributed by atoms with E-state index >= 15 is 0 Å². The molecule has 1 amide bonds. The summed E-state index contributed by atoms with van der Waals surface area (Å²) in [6.07, 6.45) is 1.79. The van der Waals surface area contributed by atoms with E-state index in [0.29, 0.717) is 0 Å². The van der Waals surface area contributed by atoms with Crippen molar-refractivity contribution in [1.82, 2.24) is 5.32 Å². The monoisotopic (exact) mass is 291 g/mol. The molecule has 116 valence electrons. The van der Waals surface area contributed by atoms with Crippen molar-refractivity contribution < 1.29 is 9.18 Å². The second-order valence-corrected chi connectivity index (χ2v) is 8.11. The van der Waals surface area contributed by atoms with Gasteiger partial charge < -0.3 is 5.32 Å². The minimum atomic E-state index is -0.230. The Morgan fingerprint density at radius 3 is 2.29 bits per heavy atom. The van der Waals surface area contributed by atoms with Crippen LogP contribution in [0.15, 0.2) is 24.3 Å². The highest BCUT2D eigenvalue weighted by molar-refractivity contribution is 5.83. The third kappa shape index (κ3) is 4.55. The Kier molecular flexibility index (Phi) is 4.14. The Balaban J connectivity index is 1.93. The molecule has 2 unspecified atom stereocenters. The summed E-state index contributed by atoms with van der Waals surface area (Å²) in [5.41, 5.74) is 1.03. The third-order valence-corrected chi connectivity index (χ3v) is 3.86. The molecule has 2 atom stereocenters. The number of halogens is 1. The largest absolute Gasteiger partial charge is 0.351 e. The van der Waals surface area contributed by atoms with Crippen LogP contribution >= 0.6 is 0 Å². The molecule has 1 aromatic carbocycles. The van der Waals surface area contributed by atoms with Gasteiger partial charge in [-0.2, -0.15) is 0 Å². The Morgan fingerprint density at radius 2 is 1.76 bits per heavy atom. The molecule has 0 saturated heterocycles. The first-order chi connectivity index (χ1) is 9.57. The van der Waals surface area contributed by atoms with Crippen molar-refractivity contribution in [2.75, 3.05) is 0 Å². The summed E-state index contributed by atoms with van der Waals surface area (Å²) in [6, 6.07) is 6.50. The lowest BCUT2D eigenvalue weighted by atomic mass is 9.81. The molecule has 1 aromatic rings. The molecule has 0 aromatic heterocycles. The number of carbonyl (C=O) groups is 1. The van der Waals surface area contributed by atoms with E-state index in [9.17, 15) is 9.18 Å². The van der Waals surface area contributed by atoms with Crippen LogP contribution in [-0.2, 0) is 4.79 Å². The molecule has 1 saturated carbocycles. The fourth-order valence-electron chi connectivity index (χ4n) is 3.36. The van der Waals surface area contributed by atoms with E-state index < -0.39 is 0 Å². The summed E-state index contributed by atoms with van der Waals surface area (Å²) in [4.78, 5) is 12.4. The molecule has 1 aliphatic rings. The first kappa shape index (κ1) is 16.0. The maximum atomic E-state index is 12.9. The van der Waals surface area contributed by atoms with Crippen molar-refractivity contribution in [3.63, 3.8) is 0 Å². The minimum absolute atomic E-state index is 0.0368. The van der Waals surface area contributed by atoms with E-state index in [1.807, 2.05) is 0 Å². The van der Waals surface area contributed by atoms with Crippen LogP contribution in [0.4, 0.5) is 4.39 Å². The lowest BCUT2D eigenvalue weighted by Gasteiger charge is -2.33. The molecule has 1 aliphatic carbocycles. The normalized spacial score (nSPS) is 22.0. The average Bonchev–Trinajstić information content (AvgIpc) is 3.05. The molecule has 21 heavy (non-hydrogen) atoms. The topological polar surface area (TPSA) is 29.1 Å². The molecule has 0 radical (unpaired) electrons. The standard InChI is InChI=1S/C18H26FNO/c1-17(2,3)11-18(4,5)20-16(21)15-10-14(15)12-6-8-13(19)9-7-12/h6-9,14-15H,10-11H2,1-5H3,(H,20,21). The second-order valence-electron chi connectivity index (χ2n) is 8.11. The van der Waals surface area contributed by atoms with Crippen LogP contribution in [0, 0.1) is 17.2 Å². The summed E-state index contributed by atoms with van der Waals surface area (Å²) in [5, 5.41) is 3.17. The van der Waals surface area contributed by atoms with E-state index in [1.54, 1.807) is 12.1 Å². The van der Waals surface area contributed by atoms with Gasteiger partial charge in [0.2, 0.25) is 5.91 Å². The van der Waals surface area contributed by atoms with Crippen molar-refractivity contribution >= 4 is 5.91 Å². The van der Waals surface area contributed by atoms with Crippen LogP contribution in [0.1, 0.15) is 58.9 Å². The molecule has 3 heteroatoms. The van der Waals surface area contributed by atoms with E-state index in [0.717, 1.165) is 18.4 Å². The van der Waals surface area contributed by atoms with Gasteiger partial charge >= 0.3 is 0 Å². The second kappa shape index (κ2) is 5.43. The van der Waals surface area contributed by atoms with Crippen LogP contribution in [0.2, 0.25) is 0 Å². The van der Waals surface area contributed by atoms with Gasteiger partial charge in [0.05, 0.1) is 0 Å². The predicted octanol–water partition coefficient (Wildman–Crippen LogP) is 4.26. The van der Waals surface area contributed by atoms with Crippen LogP contribution in [0.5, 0.6) is 0 Å². The number of hydrogen-bond acceptors (Lipinski definition) is 1. The van der Waals surface area contributed by atoms with Crippen molar-refractivity contribution in [2.24, 2.45) is 11.3 Å². The summed E-state index contributed by atoms with van der Waals surface area (Å²) in [7, 11) is 0. The number of benzene rings is 1. The Morgan fingerprint density at radius 1 is 1.19 bits per heavy atom. The highest BCUT2D eigenvalue weighted by Gasteiger charge is 2.45. The lowest BCUT2D eigenvalue weighted by molar-refractivity contribution is -0.124. The molecule has 2 nitrogen and oxygen atoms in total. The predicted molar refractivity (Wildman–Crippen MR) is 83.5 cm³/mol. The molecule has 0 spiro atoms. The van der Waals surface area contributed by atoms with Gasteiger partial charge in [-0.3, -0.25) is 4.79 Å². The van der Waals surface area contributed by atoms with Crippen LogP contribution in [0.25, 0.3) is 0 Å². The van der Waals surface area contributed by atoms with Crippen molar-refractivity contribution in [1.29, 1.82) is 0 Å². The molecule has 1 N–H and O–H groups in total. The van der Waals surface area contributed by atoms with Gasteiger partial charge in [-0.15, -0.1) is 0 Å². The van der Waals surface area contributed by atoms with Crippen molar-refractivity contribution in [3.8, 4) is 0 Å². The zero-order valence-electron chi connectivity index (χ0n) is 13.7. The maximum Gasteiger partial charge on any atom is 0.224 e. The number of nitrogens with one attached hydrogen (secondary N) is 1. The molecule has 2 rings (SSSR count). The Hall–Kier alpha value is -1.38. The maximum absolute atomic E-state index is 12.9. The number of carbonyl (C=O) groups excluding carboxylic acids is 1. The first-order valence-corrected chi connectivity index (χ1v) is 7.65. The van der Waals surface area contributed by atoms with Crippen LogP contribution < -0.4 is 5.32 Å². The van der Waals surface area contributed by atoms with Gasteiger partial charge in [0.25, 0.3) is 0 Å². The number of amides is 1. The fraction of sp³-hybridized carbons (Fsp3) is 0.611. The summed E-state index contributed by atoms with van der Waals surface area (Å²) in [5.74, 6) is 0.177. The van der Waals surface area contributed by atoms with E-state index in [2.05, 4.69) is 39.9 Å². The highest BCUT2D eigenvalue weighted by Crippen LogP contribution is 2.47. The first-order valence-electron chi connectivity index (χ1n) is 7.65. The Labute approximate surface area is 127 Å². The van der Waals surface area contributed by atoms with Gasteiger partial charge in [-0.1, -0.05) is 32.9 Å². The smallest absolute Gasteiger partial charge is 0.224 e. The molecular formula is C18H26FNO. The van der Waals surface area contributed by atoms with Gasteiger partial charge in [-0.25, -0.2) is 4.39 Å². The number of hydrogen-bond donors (Lipinski definition) is 1. The van der Waals surface area contributed by atoms with Crippen LogP contribution in [0.3, 0.4) is 0 Å². The minimum Gasteiger partial charge on any atom is -0.351 e. The molecule has 0 heterocycles. The third-order valence-electron chi connectivity index (χ3n) is 3.86. The zero-order valence-corrected chi connectivity index (χ0v) is 13.7. The van der Waals surface area contributed by atoms with Crippen molar-refractivity contribution in [3.05, 3.63) is 35.6 Å². The van der Waals surface area contributed by atoms with Crippen molar-refractivity contribution in [2.45, 2.75) is 58.9 Å². The molecule has 0 bridgehead atoms.